The molecule has 0 spiro atoms. The number of nitrogens with zero attached hydrogens (tertiary/aromatic N) is 2. The number of rotatable bonds is 5. The van der Waals surface area contributed by atoms with Crippen LogP contribution < -0.4 is 5.32 Å². The van der Waals surface area contributed by atoms with Crippen molar-refractivity contribution < 1.29 is 4.79 Å². The summed E-state index contributed by atoms with van der Waals surface area (Å²) in [5.74, 6) is 0.0170. The van der Waals surface area contributed by atoms with Gasteiger partial charge in [-0.2, -0.15) is 0 Å². The summed E-state index contributed by atoms with van der Waals surface area (Å²) in [4.78, 5) is 17.1. The van der Waals surface area contributed by atoms with E-state index < -0.39 is 0 Å². The van der Waals surface area contributed by atoms with Crippen molar-refractivity contribution >= 4 is 28.7 Å². The van der Waals surface area contributed by atoms with Crippen LogP contribution in [-0.2, 0) is 11.8 Å². The van der Waals surface area contributed by atoms with Gasteiger partial charge in [0.05, 0.1) is 22.3 Å². The van der Waals surface area contributed by atoms with Crippen molar-refractivity contribution in [2.24, 2.45) is 7.05 Å². The molecule has 0 aliphatic rings. The zero-order valence-corrected chi connectivity index (χ0v) is 14.9. The fraction of sp³-hybridized carbons (Fsp3) is 0.263. The number of hydrogen-bond donors (Lipinski definition) is 1. The summed E-state index contributed by atoms with van der Waals surface area (Å²) < 4.78 is 2.03. The molecule has 5 heteroatoms. The Bertz CT molecular complexity index is 844. The molecule has 0 saturated heterocycles. The molecule has 0 radical (unpaired) electrons. The number of hydrogen-bond acceptors (Lipinski definition) is 3. The number of aryl methyl sites for hydroxylation is 1. The number of imidazole rings is 1. The third-order valence-electron chi connectivity index (χ3n) is 4.06. The maximum absolute atomic E-state index is 12.5. The average molecular weight is 339 g/mol. The van der Waals surface area contributed by atoms with Crippen LogP contribution in [0, 0.1) is 0 Å². The number of aromatic nitrogens is 2. The third kappa shape index (κ3) is 3.46. The minimum Gasteiger partial charge on any atom is -0.349 e. The predicted molar refractivity (Wildman–Crippen MR) is 99.0 cm³/mol. The normalized spacial score (nSPS) is 13.6. The number of amides is 1. The largest absolute Gasteiger partial charge is 0.349 e. The molecule has 1 N–H and O–H groups in total. The van der Waals surface area contributed by atoms with Gasteiger partial charge in [-0.05, 0) is 31.5 Å². The van der Waals surface area contributed by atoms with Crippen LogP contribution in [0.5, 0.6) is 0 Å². The van der Waals surface area contributed by atoms with Gasteiger partial charge < -0.3 is 9.88 Å². The number of fused-ring (bicyclic) bond motifs is 1. The fourth-order valence-corrected chi connectivity index (χ4v) is 3.50. The van der Waals surface area contributed by atoms with Crippen LogP contribution >= 0.6 is 11.8 Å². The summed E-state index contributed by atoms with van der Waals surface area (Å²) in [6, 6.07) is 18.0. The van der Waals surface area contributed by atoms with Crippen LogP contribution in [0.4, 0.5) is 0 Å². The minimum absolute atomic E-state index is 0.0119. The van der Waals surface area contributed by atoms with E-state index in [4.69, 9.17) is 0 Å². The highest BCUT2D eigenvalue weighted by atomic mass is 32.2. The Hall–Kier alpha value is -2.27. The van der Waals surface area contributed by atoms with Crippen LogP contribution in [-0.4, -0.2) is 20.7 Å². The molecule has 2 atom stereocenters. The highest BCUT2D eigenvalue weighted by Gasteiger charge is 2.20. The average Bonchev–Trinajstić information content (AvgIpc) is 2.92. The van der Waals surface area contributed by atoms with E-state index in [1.807, 2.05) is 80.1 Å². The van der Waals surface area contributed by atoms with Crippen molar-refractivity contribution in [2.75, 3.05) is 0 Å². The lowest BCUT2D eigenvalue weighted by molar-refractivity contribution is -0.120. The van der Waals surface area contributed by atoms with Crippen molar-refractivity contribution in [3.05, 3.63) is 60.2 Å². The zero-order chi connectivity index (χ0) is 17.1. The molecule has 0 saturated carbocycles. The van der Waals surface area contributed by atoms with Crippen molar-refractivity contribution in [2.45, 2.75) is 30.3 Å². The van der Waals surface area contributed by atoms with Gasteiger partial charge in [0, 0.05) is 7.05 Å². The Morgan fingerprint density at radius 1 is 1.08 bits per heavy atom. The first-order chi connectivity index (χ1) is 11.6. The quantitative estimate of drug-likeness (QED) is 0.717. The molecule has 3 rings (SSSR count). The number of carbonyl (C=O) groups is 1. The lowest BCUT2D eigenvalue weighted by Gasteiger charge is -2.17. The molecule has 0 aliphatic carbocycles. The molecular weight excluding hydrogens is 318 g/mol. The molecule has 1 amide bonds. The lowest BCUT2D eigenvalue weighted by Crippen LogP contribution is -2.33. The minimum atomic E-state index is -0.216. The van der Waals surface area contributed by atoms with Crippen molar-refractivity contribution in [1.82, 2.24) is 14.9 Å². The van der Waals surface area contributed by atoms with E-state index in [0.29, 0.717) is 0 Å². The highest BCUT2D eigenvalue weighted by molar-refractivity contribution is 8.00. The Labute approximate surface area is 146 Å². The van der Waals surface area contributed by atoms with Crippen LogP contribution in [0.25, 0.3) is 11.0 Å². The number of benzene rings is 2. The third-order valence-corrected chi connectivity index (χ3v) is 5.20. The molecule has 24 heavy (non-hydrogen) atoms. The molecule has 4 nitrogen and oxygen atoms in total. The first kappa shape index (κ1) is 16.6. The van der Waals surface area contributed by atoms with Crippen molar-refractivity contribution in [3.8, 4) is 0 Å². The van der Waals surface area contributed by atoms with E-state index in [1.54, 1.807) is 0 Å². The van der Waals surface area contributed by atoms with Gasteiger partial charge in [0.1, 0.15) is 0 Å². The fourth-order valence-electron chi connectivity index (χ4n) is 2.60. The van der Waals surface area contributed by atoms with E-state index in [-0.39, 0.29) is 17.2 Å². The summed E-state index contributed by atoms with van der Waals surface area (Å²) in [5.41, 5.74) is 3.13. The molecule has 0 bridgehead atoms. The predicted octanol–water partition coefficient (Wildman–Crippen LogP) is 3.93. The Kier molecular flexibility index (Phi) is 4.90. The topological polar surface area (TPSA) is 46.9 Å². The Balaban J connectivity index is 1.68. The molecule has 0 aliphatic heterocycles. The summed E-state index contributed by atoms with van der Waals surface area (Å²) in [5, 5.41) is 3.71. The summed E-state index contributed by atoms with van der Waals surface area (Å²) in [6.45, 7) is 3.91. The first-order valence-corrected chi connectivity index (χ1v) is 8.87. The van der Waals surface area contributed by atoms with Crippen molar-refractivity contribution in [3.63, 3.8) is 0 Å². The maximum Gasteiger partial charge on any atom is 0.233 e. The molecular formula is C19H21N3OS. The second-order valence-corrected chi connectivity index (χ2v) is 7.15. The Morgan fingerprint density at radius 2 is 1.75 bits per heavy atom. The zero-order valence-electron chi connectivity index (χ0n) is 14.1. The molecule has 2 aromatic carbocycles. The van der Waals surface area contributed by atoms with E-state index in [2.05, 4.69) is 10.3 Å². The van der Waals surface area contributed by atoms with Gasteiger partial charge >= 0.3 is 0 Å². The molecule has 3 aromatic rings. The second-order valence-electron chi connectivity index (χ2n) is 5.84. The summed E-state index contributed by atoms with van der Waals surface area (Å²) in [6.07, 6.45) is 0. The van der Waals surface area contributed by atoms with Crippen LogP contribution in [0.15, 0.2) is 59.8 Å². The number of para-hydroxylation sites is 2. The summed E-state index contributed by atoms with van der Waals surface area (Å²) >= 11 is 1.48. The highest BCUT2D eigenvalue weighted by Crippen LogP contribution is 2.26. The van der Waals surface area contributed by atoms with E-state index in [0.717, 1.165) is 21.8 Å². The molecule has 0 fully saturated rings. The van der Waals surface area contributed by atoms with Gasteiger partial charge in [0.2, 0.25) is 5.91 Å². The van der Waals surface area contributed by atoms with Gasteiger partial charge in [-0.25, -0.2) is 4.98 Å². The van der Waals surface area contributed by atoms with Gasteiger partial charge in [-0.3, -0.25) is 4.79 Å². The monoisotopic (exact) mass is 339 g/mol. The number of thioether (sulfide) groups is 1. The van der Waals surface area contributed by atoms with E-state index in [9.17, 15) is 4.79 Å². The molecule has 124 valence electrons. The molecule has 1 heterocycles. The SMILES string of the molecule is CC(Sc1nc2ccccc2n1C)C(=O)NC(C)c1ccccc1. The summed E-state index contributed by atoms with van der Waals surface area (Å²) in [7, 11) is 1.98. The van der Waals surface area contributed by atoms with Gasteiger partial charge in [0.25, 0.3) is 0 Å². The Morgan fingerprint density at radius 3 is 2.46 bits per heavy atom. The van der Waals surface area contributed by atoms with Crippen molar-refractivity contribution in [1.29, 1.82) is 0 Å². The van der Waals surface area contributed by atoms with Gasteiger partial charge in [0.15, 0.2) is 5.16 Å². The van der Waals surface area contributed by atoms with E-state index >= 15 is 0 Å². The van der Waals surface area contributed by atoms with Gasteiger partial charge in [-0.15, -0.1) is 0 Å². The van der Waals surface area contributed by atoms with Crippen LogP contribution in [0.3, 0.4) is 0 Å². The van der Waals surface area contributed by atoms with Crippen LogP contribution in [0.1, 0.15) is 25.5 Å². The van der Waals surface area contributed by atoms with Crippen LogP contribution in [0.2, 0.25) is 0 Å². The lowest BCUT2D eigenvalue weighted by atomic mass is 10.1. The maximum atomic E-state index is 12.5. The number of carbonyl (C=O) groups excluding carboxylic acids is 1. The smallest absolute Gasteiger partial charge is 0.233 e. The molecule has 2 unspecified atom stereocenters. The molecule has 1 aromatic heterocycles. The standard InChI is InChI=1S/C19H21N3OS/c1-13(15-9-5-4-6-10-15)20-18(23)14(2)24-19-21-16-11-7-8-12-17(16)22(19)3/h4-14H,1-3H3,(H,20,23). The first-order valence-electron chi connectivity index (χ1n) is 7.99. The van der Waals surface area contributed by atoms with Gasteiger partial charge in [-0.1, -0.05) is 54.2 Å². The van der Waals surface area contributed by atoms with E-state index in [1.165, 1.54) is 11.8 Å². The second kappa shape index (κ2) is 7.09. The number of nitrogens with one attached hydrogen (secondary N) is 1.